The summed E-state index contributed by atoms with van der Waals surface area (Å²) < 4.78 is 0. The van der Waals surface area contributed by atoms with E-state index in [-0.39, 0.29) is 18.3 Å². The molecule has 4 nitrogen and oxygen atoms in total. The highest BCUT2D eigenvalue weighted by molar-refractivity contribution is 5.95. The minimum atomic E-state index is 0. The Morgan fingerprint density at radius 3 is 2.52 bits per heavy atom. The van der Waals surface area contributed by atoms with Crippen molar-refractivity contribution in [1.82, 2.24) is 15.1 Å². The number of halogens is 1. The van der Waals surface area contributed by atoms with Crippen molar-refractivity contribution in [2.75, 3.05) is 47.3 Å². The number of piperidine rings is 1. The molecule has 0 aromatic heterocycles. The van der Waals surface area contributed by atoms with Gasteiger partial charge in [0, 0.05) is 25.2 Å². The van der Waals surface area contributed by atoms with E-state index >= 15 is 0 Å². The number of hydrogen-bond donors (Lipinski definition) is 1. The zero-order chi connectivity index (χ0) is 15.9. The average molecular weight is 340 g/mol. The van der Waals surface area contributed by atoms with Crippen LogP contribution in [0.2, 0.25) is 0 Å². The molecule has 0 atom stereocenters. The van der Waals surface area contributed by atoms with Crippen LogP contribution in [0.3, 0.4) is 0 Å². The second kappa shape index (κ2) is 9.91. The Hall–Kier alpha value is -1.10. The Balaban J connectivity index is 0.00000264. The Labute approximate surface area is 146 Å². The molecule has 0 aliphatic carbocycles. The summed E-state index contributed by atoms with van der Waals surface area (Å²) in [6, 6.07) is 8.03. The number of carbonyl (C=O) groups is 1. The number of hydrogen-bond acceptors (Lipinski definition) is 3. The van der Waals surface area contributed by atoms with Crippen LogP contribution >= 0.6 is 12.4 Å². The lowest BCUT2D eigenvalue weighted by Crippen LogP contribution is -2.41. The quantitative estimate of drug-likeness (QED) is 0.863. The number of rotatable bonds is 6. The molecule has 0 radical (unpaired) electrons. The van der Waals surface area contributed by atoms with Crippen LogP contribution in [0.1, 0.15) is 28.8 Å². The third-order valence-electron chi connectivity index (χ3n) is 4.42. The van der Waals surface area contributed by atoms with Gasteiger partial charge in [-0.2, -0.15) is 0 Å². The molecule has 1 aliphatic heterocycles. The van der Waals surface area contributed by atoms with Crippen molar-refractivity contribution in [3.63, 3.8) is 0 Å². The number of nitrogens with one attached hydrogen (secondary N) is 1. The predicted molar refractivity (Wildman–Crippen MR) is 98.5 cm³/mol. The number of likely N-dealkylation sites (N-methyl/N-ethyl adjacent to an activating group) is 1. The van der Waals surface area contributed by atoms with Crippen LogP contribution < -0.4 is 5.32 Å². The normalized spacial score (nSPS) is 15.6. The van der Waals surface area contributed by atoms with Gasteiger partial charge in [0.15, 0.2) is 0 Å². The summed E-state index contributed by atoms with van der Waals surface area (Å²) in [6.45, 7) is 3.80. The van der Waals surface area contributed by atoms with Crippen molar-refractivity contribution in [3.05, 3.63) is 35.4 Å². The molecule has 1 aromatic rings. The third kappa shape index (κ3) is 5.79. The lowest BCUT2D eigenvalue weighted by molar-refractivity contribution is 0.0677. The smallest absolute Gasteiger partial charge is 0.254 e. The Morgan fingerprint density at radius 2 is 1.91 bits per heavy atom. The summed E-state index contributed by atoms with van der Waals surface area (Å²) in [7, 11) is 6.19. The van der Waals surface area contributed by atoms with E-state index in [2.05, 4.69) is 30.4 Å². The lowest BCUT2D eigenvalue weighted by atomic mass is 9.95. The predicted octanol–water partition coefficient (Wildman–Crippen LogP) is 2.28. The molecule has 0 unspecified atom stereocenters. The zero-order valence-corrected chi connectivity index (χ0v) is 15.4. The SMILES string of the molecule is CNCCc1ccccc1C(=O)N1CCC(CN(C)C)CC1.Cl. The van der Waals surface area contributed by atoms with Gasteiger partial charge in [-0.15, -0.1) is 12.4 Å². The molecule has 5 heteroatoms. The fraction of sp³-hybridized carbons (Fsp3) is 0.611. The molecular weight excluding hydrogens is 310 g/mol. The molecule has 2 rings (SSSR count). The molecule has 1 heterocycles. The Kier molecular flexibility index (Phi) is 8.59. The fourth-order valence-electron chi connectivity index (χ4n) is 3.21. The first-order chi connectivity index (χ1) is 10.6. The van der Waals surface area contributed by atoms with E-state index in [9.17, 15) is 4.79 Å². The van der Waals surface area contributed by atoms with Gasteiger partial charge in [0.2, 0.25) is 0 Å². The molecule has 0 spiro atoms. The van der Waals surface area contributed by atoms with E-state index in [1.807, 2.05) is 30.1 Å². The number of carbonyl (C=O) groups excluding carboxylic acids is 1. The summed E-state index contributed by atoms with van der Waals surface area (Å²) in [5.74, 6) is 0.925. The highest BCUT2D eigenvalue weighted by atomic mass is 35.5. The van der Waals surface area contributed by atoms with E-state index < -0.39 is 0 Å². The minimum absolute atomic E-state index is 0. The number of likely N-dealkylation sites (tertiary alicyclic amines) is 1. The molecule has 0 bridgehead atoms. The van der Waals surface area contributed by atoms with Gasteiger partial charge in [-0.25, -0.2) is 0 Å². The third-order valence-corrected chi connectivity index (χ3v) is 4.42. The van der Waals surface area contributed by atoms with Crippen LogP contribution in [-0.4, -0.2) is 63.0 Å². The van der Waals surface area contributed by atoms with Crippen molar-refractivity contribution in [3.8, 4) is 0 Å². The molecule has 0 saturated carbocycles. The van der Waals surface area contributed by atoms with Gasteiger partial charge < -0.3 is 15.1 Å². The molecular formula is C18H30ClN3O. The molecule has 1 aliphatic rings. The van der Waals surface area contributed by atoms with Gasteiger partial charge in [-0.1, -0.05) is 18.2 Å². The highest BCUT2D eigenvalue weighted by Gasteiger charge is 2.24. The van der Waals surface area contributed by atoms with Crippen LogP contribution in [0.15, 0.2) is 24.3 Å². The molecule has 1 N–H and O–H groups in total. The number of amides is 1. The van der Waals surface area contributed by atoms with Crippen molar-refractivity contribution < 1.29 is 4.79 Å². The van der Waals surface area contributed by atoms with Crippen LogP contribution in [0.4, 0.5) is 0 Å². The van der Waals surface area contributed by atoms with E-state index in [0.29, 0.717) is 0 Å². The fourth-order valence-corrected chi connectivity index (χ4v) is 3.21. The minimum Gasteiger partial charge on any atom is -0.339 e. The molecule has 1 saturated heterocycles. The summed E-state index contributed by atoms with van der Waals surface area (Å²) in [5.41, 5.74) is 2.03. The van der Waals surface area contributed by atoms with Gasteiger partial charge in [-0.3, -0.25) is 4.79 Å². The monoisotopic (exact) mass is 339 g/mol. The van der Waals surface area contributed by atoms with Gasteiger partial charge in [0.25, 0.3) is 5.91 Å². The number of benzene rings is 1. The molecule has 130 valence electrons. The molecule has 23 heavy (non-hydrogen) atoms. The van der Waals surface area contributed by atoms with Crippen molar-refractivity contribution in [1.29, 1.82) is 0 Å². The molecule has 1 aromatic carbocycles. The summed E-state index contributed by atoms with van der Waals surface area (Å²) in [5, 5.41) is 3.16. The largest absolute Gasteiger partial charge is 0.339 e. The maximum Gasteiger partial charge on any atom is 0.254 e. The summed E-state index contributed by atoms with van der Waals surface area (Å²) in [6.07, 6.45) is 3.13. The van der Waals surface area contributed by atoms with E-state index in [4.69, 9.17) is 0 Å². The summed E-state index contributed by atoms with van der Waals surface area (Å²) in [4.78, 5) is 17.1. The first-order valence-electron chi connectivity index (χ1n) is 8.28. The Bertz CT molecular complexity index is 485. The maximum atomic E-state index is 12.8. The van der Waals surface area contributed by atoms with Crippen molar-refractivity contribution in [2.24, 2.45) is 5.92 Å². The molecule has 1 fully saturated rings. The Morgan fingerprint density at radius 1 is 1.26 bits per heavy atom. The van der Waals surface area contributed by atoms with E-state index in [0.717, 1.165) is 62.5 Å². The maximum absolute atomic E-state index is 12.8. The van der Waals surface area contributed by atoms with Gasteiger partial charge >= 0.3 is 0 Å². The lowest BCUT2D eigenvalue weighted by Gasteiger charge is -2.33. The van der Waals surface area contributed by atoms with E-state index in [1.165, 1.54) is 0 Å². The van der Waals surface area contributed by atoms with E-state index in [1.54, 1.807) is 0 Å². The van der Waals surface area contributed by atoms with Crippen LogP contribution in [0, 0.1) is 5.92 Å². The first-order valence-corrected chi connectivity index (χ1v) is 8.28. The zero-order valence-electron chi connectivity index (χ0n) is 14.5. The first kappa shape index (κ1) is 19.9. The standard InChI is InChI=1S/C18H29N3O.ClH/c1-19-11-8-16-6-4-5-7-17(16)18(22)21-12-9-15(10-13-21)14-20(2)3;/h4-7,15,19H,8-14H2,1-3H3;1H. The average Bonchev–Trinajstić information content (AvgIpc) is 2.53. The second-order valence-corrected chi connectivity index (χ2v) is 6.51. The van der Waals surface area contributed by atoms with Gasteiger partial charge in [-0.05, 0) is 64.5 Å². The topological polar surface area (TPSA) is 35.6 Å². The van der Waals surface area contributed by atoms with Crippen molar-refractivity contribution in [2.45, 2.75) is 19.3 Å². The van der Waals surface area contributed by atoms with Crippen LogP contribution in [-0.2, 0) is 6.42 Å². The van der Waals surface area contributed by atoms with Gasteiger partial charge in [0.05, 0.1) is 0 Å². The number of nitrogens with zero attached hydrogens (tertiary/aromatic N) is 2. The van der Waals surface area contributed by atoms with Crippen LogP contribution in [0.5, 0.6) is 0 Å². The second-order valence-electron chi connectivity index (χ2n) is 6.51. The summed E-state index contributed by atoms with van der Waals surface area (Å²) >= 11 is 0. The molecule has 1 amide bonds. The van der Waals surface area contributed by atoms with Crippen molar-refractivity contribution >= 4 is 18.3 Å². The van der Waals surface area contributed by atoms with Crippen LogP contribution in [0.25, 0.3) is 0 Å². The van der Waals surface area contributed by atoms with Gasteiger partial charge in [0.1, 0.15) is 0 Å². The highest BCUT2D eigenvalue weighted by Crippen LogP contribution is 2.21.